The molecule has 1 amide bonds. The van der Waals surface area contributed by atoms with Crippen LogP contribution in [0.2, 0.25) is 0 Å². The van der Waals surface area contributed by atoms with Crippen molar-refractivity contribution < 1.29 is 13.2 Å². The van der Waals surface area contributed by atoms with Gasteiger partial charge in [-0.3, -0.25) is 4.79 Å². The summed E-state index contributed by atoms with van der Waals surface area (Å²) in [6.07, 6.45) is 1.28. The van der Waals surface area contributed by atoms with Crippen molar-refractivity contribution in [3.05, 3.63) is 42.5 Å². The van der Waals surface area contributed by atoms with Crippen molar-refractivity contribution in [2.45, 2.75) is 19.8 Å². The first-order valence-corrected chi connectivity index (χ1v) is 7.88. The van der Waals surface area contributed by atoms with Crippen LogP contribution in [-0.4, -0.2) is 25.8 Å². The third kappa shape index (κ3) is 4.87. The van der Waals surface area contributed by atoms with Gasteiger partial charge >= 0.3 is 0 Å². The van der Waals surface area contributed by atoms with Crippen LogP contribution >= 0.6 is 0 Å². The topological polar surface area (TPSA) is 63.2 Å². The van der Waals surface area contributed by atoms with Crippen LogP contribution in [0.25, 0.3) is 0 Å². The summed E-state index contributed by atoms with van der Waals surface area (Å²) in [6.45, 7) is 7.39. The maximum Gasteiger partial charge on any atom is 0.239 e. The number of amides is 1. The molecule has 1 aromatic carbocycles. The molecule has 1 rings (SSSR count). The second-order valence-electron chi connectivity index (χ2n) is 4.63. The van der Waals surface area contributed by atoms with Crippen molar-refractivity contribution in [2.75, 3.05) is 16.8 Å². The molecule has 0 saturated heterocycles. The normalized spacial score (nSPS) is 11.3. The number of rotatable bonds is 6. The van der Waals surface area contributed by atoms with Crippen LogP contribution in [0.4, 0.5) is 5.69 Å². The number of nitrogens with one attached hydrogen (secondary N) is 1. The van der Waals surface area contributed by atoms with E-state index in [4.69, 9.17) is 0 Å². The number of benzene rings is 1. The summed E-state index contributed by atoms with van der Waals surface area (Å²) in [6, 6.07) is 7.38. The minimum Gasteiger partial charge on any atom is -0.325 e. The molecule has 0 unspecified atom stereocenters. The summed E-state index contributed by atoms with van der Waals surface area (Å²) < 4.78 is 23.0. The molecule has 0 saturated carbocycles. The molecule has 0 fully saturated rings. The Morgan fingerprint density at radius 1 is 1.37 bits per heavy atom. The molecule has 104 valence electrons. The van der Waals surface area contributed by atoms with Crippen molar-refractivity contribution in [3.63, 3.8) is 0 Å². The zero-order valence-corrected chi connectivity index (χ0v) is 12.0. The second kappa shape index (κ2) is 6.52. The molecule has 19 heavy (non-hydrogen) atoms. The third-order valence-corrected chi connectivity index (χ3v) is 4.03. The van der Waals surface area contributed by atoms with E-state index in [2.05, 4.69) is 11.9 Å². The number of anilines is 1. The Labute approximate surface area is 114 Å². The van der Waals surface area contributed by atoms with E-state index in [1.165, 1.54) is 6.08 Å². The lowest BCUT2D eigenvalue weighted by molar-refractivity contribution is -0.113. The Morgan fingerprint density at radius 2 is 2.00 bits per heavy atom. The standard InChI is InChI=1S/C14H19NO3S/c1-4-9-19(17,18)10-14(16)15-13-8-6-5-7-12(13)11(2)3/h4-8,11H,1,9-10H2,2-3H3,(H,15,16). The van der Waals surface area contributed by atoms with Crippen LogP contribution < -0.4 is 5.32 Å². The summed E-state index contributed by atoms with van der Waals surface area (Å²) in [7, 11) is -3.41. The average molecular weight is 281 g/mol. The van der Waals surface area contributed by atoms with E-state index in [-0.39, 0.29) is 11.7 Å². The Bertz CT molecular complexity index is 562. The first-order chi connectivity index (χ1) is 8.85. The van der Waals surface area contributed by atoms with Gasteiger partial charge in [0.25, 0.3) is 0 Å². The molecule has 0 aliphatic rings. The van der Waals surface area contributed by atoms with E-state index < -0.39 is 21.5 Å². The molecule has 0 spiro atoms. The highest BCUT2D eigenvalue weighted by atomic mass is 32.2. The molecule has 0 aliphatic heterocycles. The molecule has 0 aromatic heterocycles. The van der Waals surface area contributed by atoms with Gasteiger partial charge in [0.15, 0.2) is 9.84 Å². The predicted octanol–water partition coefficient (Wildman–Crippen LogP) is 2.35. The van der Waals surface area contributed by atoms with Crippen LogP contribution in [0.15, 0.2) is 36.9 Å². The zero-order chi connectivity index (χ0) is 14.5. The lowest BCUT2D eigenvalue weighted by atomic mass is 10.0. The number of carbonyl (C=O) groups is 1. The average Bonchev–Trinajstić information content (AvgIpc) is 2.28. The lowest BCUT2D eigenvalue weighted by Gasteiger charge is -2.13. The number of hydrogen-bond donors (Lipinski definition) is 1. The number of hydrogen-bond acceptors (Lipinski definition) is 3. The summed E-state index contributed by atoms with van der Waals surface area (Å²) in [4.78, 5) is 11.8. The van der Waals surface area contributed by atoms with E-state index in [0.29, 0.717) is 5.69 Å². The van der Waals surface area contributed by atoms with E-state index in [0.717, 1.165) is 5.56 Å². The van der Waals surface area contributed by atoms with Crippen molar-refractivity contribution >= 4 is 21.4 Å². The third-order valence-electron chi connectivity index (χ3n) is 2.58. The summed E-state index contributed by atoms with van der Waals surface area (Å²) in [5.74, 6) is -0.978. The molecular formula is C14H19NO3S. The molecule has 1 N–H and O–H groups in total. The molecule has 1 aromatic rings. The molecule has 0 heterocycles. The SMILES string of the molecule is C=CCS(=O)(=O)CC(=O)Nc1ccccc1C(C)C. The molecule has 0 atom stereocenters. The molecule has 0 bridgehead atoms. The van der Waals surface area contributed by atoms with Crippen molar-refractivity contribution in [2.24, 2.45) is 0 Å². The largest absolute Gasteiger partial charge is 0.325 e. The summed E-state index contributed by atoms with van der Waals surface area (Å²) >= 11 is 0. The zero-order valence-electron chi connectivity index (χ0n) is 11.2. The Morgan fingerprint density at radius 3 is 2.58 bits per heavy atom. The predicted molar refractivity (Wildman–Crippen MR) is 78.0 cm³/mol. The van der Waals surface area contributed by atoms with Crippen molar-refractivity contribution in [1.29, 1.82) is 0 Å². The number of carbonyl (C=O) groups excluding carboxylic acids is 1. The highest BCUT2D eigenvalue weighted by molar-refractivity contribution is 7.92. The Kier molecular flexibility index (Phi) is 5.30. The highest BCUT2D eigenvalue weighted by Crippen LogP contribution is 2.23. The first kappa shape index (κ1) is 15.4. The second-order valence-corrected chi connectivity index (χ2v) is 6.74. The Balaban J connectivity index is 2.81. The van der Waals surface area contributed by atoms with E-state index in [1.54, 1.807) is 12.1 Å². The number of para-hydroxylation sites is 1. The monoisotopic (exact) mass is 281 g/mol. The first-order valence-electron chi connectivity index (χ1n) is 6.06. The fourth-order valence-corrected chi connectivity index (χ4v) is 2.69. The van der Waals surface area contributed by atoms with E-state index >= 15 is 0 Å². The van der Waals surface area contributed by atoms with Gasteiger partial charge in [0.2, 0.25) is 5.91 Å². The van der Waals surface area contributed by atoms with Gasteiger partial charge in [-0.05, 0) is 17.5 Å². The van der Waals surface area contributed by atoms with Gasteiger partial charge < -0.3 is 5.32 Å². The van der Waals surface area contributed by atoms with Crippen molar-refractivity contribution in [3.8, 4) is 0 Å². The quantitative estimate of drug-likeness (QED) is 0.814. The van der Waals surface area contributed by atoms with Crippen molar-refractivity contribution in [1.82, 2.24) is 0 Å². The molecule has 0 aliphatic carbocycles. The van der Waals surface area contributed by atoms with Crippen LogP contribution in [0.3, 0.4) is 0 Å². The van der Waals surface area contributed by atoms with Gasteiger partial charge in [0.1, 0.15) is 5.75 Å². The van der Waals surface area contributed by atoms with Crippen LogP contribution in [0.5, 0.6) is 0 Å². The van der Waals surface area contributed by atoms with Gasteiger partial charge in [0, 0.05) is 5.69 Å². The molecule has 0 radical (unpaired) electrons. The Hall–Kier alpha value is -1.62. The molecule has 4 nitrogen and oxygen atoms in total. The highest BCUT2D eigenvalue weighted by Gasteiger charge is 2.16. The van der Waals surface area contributed by atoms with Gasteiger partial charge in [-0.15, -0.1) is 6.58 Å². The van der Waals surface area contributed by atoms with E-state index in [1.807, 2.05) is 26.0 Å². The molecular weight excluding hydrogens is 262 g/mol. The fraction of sp³-hybridized carbons (Fsp3) is 0.357. The van der Waals surface area contributed by atoms with Gasteiger partial charge in [0.05, 0.1) is 5.75 Å². The fourth-order valence-electron chi connectivity index (χ4n) is 1.74. The summed E-state index contributed by atoms with van der Waals surface area (Å²) in [5.41, 5.74) is 1.65. The summed E-state index contributed by atoms with van der Waals surface area (Å²) in [5, 5.41) is 2.65. The van der Waals surface area contributed by atoms with Gasteiger partial charge in [-0.1, -0.05) is 38.1 Å². The van der Waals surface area contributed by atoms with Crippen LogP contribution in [0.1, 0.15) is 25.3 Å². The lowest BCUT2D eigenvalue weighted by Crippen LogP contribution is -2.24. The van der Waals surface area contributed by atoms with Crippen LogP contribution in [-0.2, 0) is 14.6 Å². The van der Waals surface area contributed by atoms with Gasteiger partial charge in [-0.25, -0.2) is 8.42 Å². The van der Waals surface area contributed by atoms with E-state index in [9.17, 15) is 13.2 Å². The maximum absolute atomic E-state index is 11.8. The molecule has 5 heteroatoms. The minimum absolute atomic E-state index is 0.188. The van der Waals surface area contributed by atoms with Crippen LogP contribution in [0, 0.1) is 0 Å². The minimum atomic E-state index is -3.41. The van der Waals surface area contributed by atoms with Gasteiger partial charge in [-0.2, -0.15) is 0 Å². The number of sulfone groups is 1. The smallest absolute Gasteiger partial charge is 0.239 e. The maximum atomic E-state index is 11.8.